The molecule has 1 aliphatic rings. The summed E-state index contributed by atoms with van der Waals surface area (Å²) in [6.07, 6.45) is 16.8. The highest BCUT2D eigenvalue weighted by atomic mass is 16.4. The van der Waals surface area contributed by atoms with Crippen LogP contribution in [0.3, 0.4) is 0 Å². The Labute approximate surface area is 187 Å². The van der Waals surface area contributed by atoms with Crippen molar-refractivity contribution in [3.05, 3.63) is 71.8 Å². The first-order valence-electron chi connectivity index (χ1n) is 11.4. The van der Waals surface area contributed by atoms with Gasteiger partial charge in [0, 0.05) is 23.8 Å². The van der Waals surface area contributed by atoms with E-state index < -0.39 is 12.1 Å². The van der Waals surface area contributed by atoms with Gasteiger partial charge in [0.2, 0.25) is 0 Å². The summed E-state index contributed by atoms with van der Waals surface area (Å²) >= 11 is 0. The molecule has 0 radical (unpaired) electrons. The molecule has 31 heavy (non-hydrogen) atoms. The number of benzene rings is 1. The van der Waals surface area contributed by atoms with Gasteiger partial charge in [-0.3, -0.25) is 4.79 Å². The molecule has 3 heteroatoms. The highest BCUT2D eigenvalue weighted by Crippen LogP contribution is 2.31. The van der Waals surface area contributed by atoms with Crippen LogP contribution in [0.1, 0.15) is 70.8 Å². The Hall–Kier alpha value is -2.57. The lowest BCUT2D eigenvalue weighted by Gasteiger charge is -2.26. The standard InChI is InChI=1S/C28H36O3/c1-28(2,22-12-15-23-13-4-3-5-14-23)26(29)20-10-8-18-24-16-6-7-17-25(24)19-9-11-21-27(30)31/h3-5,8,10,13-14,18-20,24,26,29H,6-7,9,11,16-17,21-22H2,1-2H3,(H,30,31)/b18-8+,20-10+,25-19+/t24-,26-/m0/s1. The minimum Gasteiger partial charge on any atom is -0.481 e. The quantitative estimate of drug-likeness (QED) is 0.213. The first-order valence-corrected chi connectivity index (χ1v) is 11.4. The molecule has 0 aliphatic heterocycles. The maximum Gasteiger partial charge on any atom is 0.303 e. The molecule has 3 nitrogen and oxygen atoms in total. The Morgan fingerprint density at radius 1 is 1.23 bits per heavy atom. The number of carboxylic acid groups (broad SMARTS) is 1. The molecule has 0 bridgehead atoms. The molecule has 166 valence electrons. The maximum absolute atomic E-state index is 10.7. The number of aliphatic hydroxyl groups is 1. The van der Waals surface area contributed by atoms with E-state index in [-0.39, 0.29) is 11.8 Å². The van der Waals surface area contributed by atoms with Crippen LogP contribution in [-0.4, -0.2) is 22.3 Å². The number of aliphatic carboxylic acids is 1. The Balaban J connectivity index is 1.87. The lowest BCUT2D eigenvalue weighted by Crippen LogP contribution is -2.26. The summed E-state index contributed by atoms with van der Waals surface area (Å²) in [4.78, 5) is 10.7. The van der Waals surface area contributed by atoms with Crippen LogP contribution in [0.15, 0.2) is 66.3 Å². The third-order valence-corrected chi connectivity index (χ3v) is 5.81. The molecule has 0 aromatic heterocycles. The van der Waals surface area contributed by atoms with E-state index in [9.17, 15) is 9.90 Å². The molecule has 2 atom stereocenters. The van der Waals surface area contributed by atoms with E-state index in [1.54, 1.807) is 0 Å². The van der Waals surface area contributed by atoms with Gasteiger partial charge < -0.3 is 10.2 Å². The molecule has 0 unspecified atom stereocenters. The Morgan fingerprint density at radius 2 is 2.00 bits per heavy atom. The zero-order valence-electron chi connectivity index (χ0n) is 18.9. The second-order valence-corrected chi connectivity index (χ2v) is 8.97. The lowest BCUT2D eigenvalue weighted by atomic mass is 9.82. The van der Waals surface area contributed by atoms with Crippen molar-refractivity contribution in [1.82, 2.24) is 0 Å². The largest absolute Gasteiger partial charge is 0.481 e. The van der Waals surface area contributed by atoms with E-state index in [0.29, 0.717) is 18.8 Å². The molecule has 0 saturated heterocycles. The second kappa shape index (κ2) is 13.0. The Kier molecular flexibility index (Phi) is 10.3. The zero-order chi connectivity index (χ0) is 22.5. The van der Waals surface area contributed by atoms with Crippen LogP contribution < -0.4 is 0 Å². The third-order valence-electron chi connectivity index (χ3n) is 5.81. The molecule has 2 rings (SSSR count). The molecule has 1 aromatic carbocycles. The number of carboxylic acids is 1. The van der Waals surface area contributed by atoms with Crippen LogP contribution in [0.25, 0.3) is 0 Å². The molecule has 0 amide bonds. The van der Waals surface area contributed by atoms with Gasteiger partial charge in [0.25, 0.3) is 0 Å². The molecular weight excluding hydrogens is 384 g/mol. The van der Waals surface area contributed by atoms with Gasteiger partial charge in [-0.15, -0.1) is 0 Å². The summed E-state index contributed by atoms with van der Waals surface area (Å²) < 4.78 is 0. The fraction of sp³-hybridized carbons (Fsp3) is 0.464. The average Bonchev–Trinajstić information content (AvgIpc) is 2.75. The molecule has 1 aromatic rings. The molecule has 1 fully saturated rings. The highest BCUT2D eigenvalue weighted by Gasteiger charge is 2.24. The second-order valence-electron chi connectivity index (χ2n) is 8.97. The number of hydrogen-bond donors (Lipinski definition) is 2. The number of aliphatic hydroxyl groups excluding tert-OH is 1. The van der Waals surface area contributed by atoms with E-state index in [1.807, 2.05) is 62.4 Å². The zero-order valence-corrected chi connectivity index (χ0v) is 18.9. The third kappa shape index (κ3) is 9.40. The summed E-state index contributed by atoms with van der Waals surface area (Å²) in [5.41, 5.74) is 2.09. The van der Waals surface area contributed by atoms with Crippen molar-refractivity contribution in [2.24, 2.45) is 11.3 Å². The van der Waals surface area contributed by atoms with Crippen LogP contribution in [0.2, 0.25) is 0 Å². The van der Waals surface area contributed by atoms with Crippen LogP contribution >= 0.6 is 0 Å². The van der Waals surface area contributed by atoms with E-state index in [2.05, 4.69) is 24.0 Å². The number of carbonyl (C=O) groups is 1. The van der Waals surface area contributed by atoms with Crippen molar-refractivity contribution in [3.8, 4) is 11.8 Å². The van der Waals surface area contributed by atoms with Crippen molar-refractivity contribution in [2.45, 2.75) is 71.3 Å². The fourth-order valence-electron chi connectivity index (χ4n) is 3.71. The summed E-state index contributed by atoms with van der Waals surface area (Å²) in [6, 6.07) is 9.90. The summed E-state index contributed by atoms with van der Waals surface area (Å²) in [5, 5.41) is 19.4. The Bertz CT molecular complexity index is 834. The van der Waals surface area contributed by atoms with Crippen molar-refractivity contribution < 1.29 is 15.0 Å². The predicted octanol–water partition coefficient (Wildman–Crippen LogP) is 6.30. The first kappa shape index (κ1) is 24.7. The van der Waals surface area contributed by atoms with Crippen molar-refractivity contribution in [1.29, 1.82) is 0 Å². The van der Waals surface area contributed by atoms with Gasteiger partial charge in [-0.2, -0.15) is 0 Å². The van der Waals surface area contributed by atoms with Crippen LogP contribution in [-0.2, 0) is 4.79 Å². The minimum atomic E-state index is -0.726. The van der Waals surface area contributed by atoms with Crippen molar-refractivity contribution >= 4 is 5.97 Å². The molecule has 0 spiro atoms. The monoisotopic (exact) mass is 420 g/mol. The minimum absolute atomic E-state index is 0.233. The molecule has 1 aliphatic carbocycles. The number of rotatable bonds is 9. The average molecular weight is 421 g/mol. The van der Waals surface area contributed by atoms with Gasteiger partial charge >= 0.3 is 5.97 Å². The van der Waals surface area contributed by atoms with Gasteiger partial charge in [-0.05, 0) is 50.2 Å². The summed E-state index contributed by atoms with van der Waals surface area (Å²) in [7, 11) is 0. The van der Waals surface area contributed by atoms with Gasteiger partial charge in [-0.1, -0.05) is 86.3 Å². The normalized spacial score (nSPS) is 19.5. The van der Waals surface area contributed by atoms with E-state index in [4.69, 9.17) is 5.11 Å². The van der Waals surface area contributed by atoms with Gasteiger partial charge in [0.15, 0.2) is 0 Å². The number of hydrogen-bond acceptors (Lipinski definition) is 2. The SMILES string of the molecule is CC(C)(CC#Cc1ccccc1)[C@@H](O)/C=C/C=C/[C@@H]1CCCC/C1=C\CCCC(=O)O. The number of unbranched alkanes of at least 4 members (excludes halogenated alkanes) is 1. The summed E-state index contributed by atoms with van der Waals surface area (Å²) in [6.45, 7) is 4.06. The van der Waals surface area contributed by atoms with E-state index in [0.717, 1.165) is 24.8 Å². The van der Waals surface area contributed by atoms with Gasteiger partial charge in [0.1, 0.15) is 0 Å². The number of allylic oxidation sites excluding steroid dienone is 5. The lowest BCUT2D eigenvalue weighted by molar-refractivity contribution is -0.137. The topological polar surface area (TPSA) is 57.5 Å². The van der Waals surface area contributed by atoms with Crippen LogP contribution in [0.4, 0.5) is 0 Å². The summed E-state index contributed by atoms with van der Waals surface area (Å²) in [5.74, 6) is 6.05. The van der Waals surface area contributed by atoms with E-state index in [1.165, 1.54) is 18.4 Å². The van der Waals surface area contributed by atoms with Gasteiger partial charge in [0.05, 0.1) is 6.10 Å². The molecule has 0 heterocycles. The van der Waals surface area contributed by atoms with Crippen LogP contribution in [0.5, 0.6) is 0 Å². The van der Waals surface area contributed by atoms with Crippen molar-refractivity contribution in [2.75, 3.05) is 0 Å². The maximum atomic E-state index is 10.7. The molecular formula is C28H36O3. The molecule has 2 N–H and O–H groups in total. The van der Waals surface area contributed by atoms with Crippen LogP contribution in [0, 0.1) is 23.2 Å². The smallest absolute Gasteiger partial charge is 0.303 e. The fourth-order valence-corrected chi connectivity index (χ4v) is 3.71. The van der Waals surface area contributed by atoms with E-state index >= 15 is 0 Å². The van der Waals surface area contributed by atoms with Crippen molar-refractivity contribution in [3.63, 3.8) is 0 Å². The van der Waals surface area contributed by atoms with Gasteiger partial charge in [-0.25, -0.2) is 0 Å². The molecule has 1 saturated carbocycles. The first-order chi connectivity index (χ1) is 14.9. The predicted molar refractivity (Wildman–Crippen MR) is 128 cm³/mol. The Morgan fingerprint density at radius 3 is 2.74 bits per heavy atom. The highest BCUT2D eigenvalue weighted by molar-refractivity contribution is 5.66.